The zero-order valence-electron chi connectivity index (χ0n) is 13.2. The number of rotatable bonds is 4. The van der Waals surface area contributed by atoms with E-state index in [4.69, 9.17) is 4.74 Å². The highest BCUT2D eigenvalue weighted by Crippen LogP contribution is 2.26. The second kappa shape index (κ2) is 6.72. The first-order valence-corrected chi connectivity index (χ1v) is 9.42. The number of hydrogen-bond donors (Lipinski definition) is 0. The van der Waals surface area contributed by atoms with Crippen LogP contribution in [0.5, 0.6) is 5.75 Å². The summed E-state index contributed by atoms with van der Waals surface area (Å²) in [7, 11) is -3.33. The van der Waals surface area contributed by atoms with Crippen molar-refractivity contribution in [2.75, 3.05) is 12.3 Å². The van der Waals surface area contributed by atoms with Crippen LogP contribution < -0.4 is 4.74 Å². The van der Waals surface area contributed by atoms with Gasteiger partial charge in [0.05, 0.1) is 12.3 Å². The van der Waals surface area contributed by atoms with Crippen LogP contribution in [-0.4, -0.2) is 31.1 Å². The van der Waals surface area contributed by atoms with Crippen LogP contribution in [0.15, 0.2) is 54.6 Å². The molecule has 0 bridgehead atoms. The second-order valence-corrected chi connectivity index (χ2v) is 7.97. The van der Waals surface area contributed by atoms with E-state index in [0.717, 1.165) is 16.9 Å². The number of sulfonamides is 1. The van der Waals surface area contributed by atoms with Gasteiger partial charge in [-0.1, -0.05) is 48.5 Å². The predicted molar refractivity (Wildman–Crippen MR) is 90.9 cm³/mol. The molecule has 0 aromatic heterocycles. The number of nitrogens with zero attached hydrogens (tertiary/aromatic N) is 1. The summed E-state index contributed by atoms with van der Waals surface area (Å²) in [6, 6.07) is 17.3. The number of aryl methyl sites for hydroxylation is 1. The molecule has 3 rings (SSSR count). The topological polar surface area (TPSA) is 46.6 Å². The van der Waals surface area contributed by atoms with E-state index in [0.29, 0.717) is 19.5 Å². The minimum atomic E-state index is -3.33. The van der Waals surface area contributed by atoms with Gasteiger partial charge in [-0.05, 0) is 25.0 Å². The molecular formula is C18H21NO3S. The summed E-state index contributed by atoms with van der Waals surface area (Å²) in [4.78, 5) is 0. The molecule has 1 heterocycles. The SMILES string of the molecule is CC1CN(S(=O)(=O)CCc2ccccc2)Cc2ccccc2O1. The summed E-state index contributed by atoms with van der Waals surface area (Å²) in [6.07, 6.45) is 0.362. The third-order valence-electron chi connectivity index (χ3n) is 3.99. The fourth-order valence-electron chi connectivity index (χ4n) is 2.78. The van der Waals surface area contributed by atoms with Crippen molar-refractivity contribution in [3.8, 4) is 5.75 Å². The van der Waals surface area contributed by atoms with Gasteiger partial charge in [-0.25, -0.2) is 8.42 Å². The van der Waals surface area contributed by atoms with Crippen LogP contribution in [0, 0.1) is 0 Å². The van der Waals surface area contributed by atoms with Gasteiger partial charge in [0.2, 0.25) is 10.0 Å². The van der Waals surface area contributed by atoms with Gasteiger partial charge in [0.25, 0.3) is 0 Å². The van der Waals surface area contributed by atoms with Crippen molar-refractivity contribution in [1.29, 1.82) is 0 Å². The lowest BCUT2D eigenvalue weighted by atomic mass is 10.2. The standard InChI is InChI=1S/C18H21NO3S/c1-15-13-19(14-17-9-5-6-10-18(17)22-15)23(20,21)12-11-16-7-3-2-4-8-16/h2-10,15H,11-14H2,1H3. The predicted octanol–water partition coefficient (Wildman–Crippen LogP) is 2.84. The third kappa shape index (κ3) is 3.92. The van der Waals surface area contributed by atoms with E-state index in [9.17, 15) is 8.42 Å². The highest BCUT2D eigenvalue weighted by molar-refractivity contribution is 7.89. The zero-order chi connectivity index (χ0) is 16.3. The molecule has 2 aromatic rings. The minimum absolute atomic E-state index is 0.117. The molecule has 1 atom stereocenters. The molecule has 0 spiro atoms. The van der Waals surface area contributed by atoms with Crippen LogP contribution in [-0.2, 0) is 23.0 Å². The van der Waals surface area contributed by atoms with Crippen LogP contribution >= 0.6 is 0 Å². The molecule has 0 amide bonds. The van der Waals surface area contributed by atoms with Gasteiger partial charge in [-0.15, -0.1) is 0 Å². The largest absolute Gasteiger partial charge is 0.489 e. The highest BCUT2D eigenvalue weighted by atomic mass is 32.2. The molecule has 0 aliphatic carbocycles. The monoisotopic (exact) mass is 331 g/mol. The summed E-state index contributed by atoms with van der Waals surface area (Å²) in [5, 5.41) is 0. The summed E-state index contributed by atoms with van der Waals surface area (Å²) in [5.74, 6) is 0.895. The molecule has 0 fully saturated rings. The normalized spacial score (nSPS) is 18.7. The molecule has 122 valence electrons. The lowest BCUT2D eigenvalue weighted by molar-refractivity contribution is 0.201. The van der Waals surface area contributed by atoms with Gasteiger partial charge in [0, 0.05) is 12.1 Å². The first-order valence-electron chi connectivity index (χ1n) is 7.81. The Bertz CT molecular complexity index is 759. The van der Waals surface area contributed by atoms with E-state index in [1.54, 1.807) is 4.31 Å². The summed E-state index contributed by atoms with van der Waals surface area (Å²) in [6.45, 7) is 2.66. The highest BCUT2D eigenvalue weighted by Gasteiger charge is 2.28. The maximum Gasteiger partial charge on any atom is 0.214 e. The summed E-state index contributed by atoms with van der Waals surface area (Å²) >= 11 is 0. The van der Waals surface area contributed by atoms with Crippen molar-refractivity contribution < 1.29 is 13.2 Å². The van der Waals surface area contributed by atoms with Crippen molar-refractivity contribution in [3.63, 3.8) is 0 Å². The minimum Gasteiger partial charge on any atom is -0.489 e. The molecular weight excluding hydrogens is 310 g/mol. The van der Waals surface area contributed by atoms with E-state index in [1.807, 2.05) is 61.5 Å². The van der Waals surface area contributed by atoms with Crippen molar-refractivity contribution >= 4 is 10.0 Å². The molecule has 1 aliphatic heterocycles. The van der Waals surface area contributed by atoms with E-state index >= 15 is 0 Å². The van der Waals surface area contributed by atoms with Crippen LogP contribution in [0.1, 0.15) is 18.1 Å². The molecule has 0 N–H and O–H groups in total. The molecule has 4 nitrogen and oxygen atoms in total. The van der Waals surface area contributed by atoms with Crippen LogP contribution in [0.4, 0.5) is 0 Å². The molecule has 0 radical (unpaired) electrons. The van der Waals surface area contributed by atoms with Crippen LogP contribution in [0.2, 0.25) is 0 Å². The van der Waals surface area contributed by atoms with Gasteiger partial charge in [0.15, 0.2) is 0 Å². The van der Waals surface area contributed by atoms with Gasteiger partial charge < -0.3 is 4.74 Å². The van der Waals surface area contributed by atoms with E-state index < -0.39 is 10.0 Å². The Kier molecular flexibility index (Phi) is 4.68. The average Bonchev–Trinajstić information content (AvgIpc) is 2.72. The number of benzene rings is 2. The van der Waals surface area contributed by atoms with Crippen molar-refractivity contribution in [2.24, 2.45) is 0 Å². The molecule has 0 saturated heterocycles. The number of para-hydroxylation sites is 1. The van der Waals surface area contributed by atoms with Crippen LogP contribution in [0.3, 0.4) is 0 Å². The third-order valence-corrected chi connectivity index (χ3v) is 5.78. The maximum atomic E-state index is 12.7. The zero-order valence-corrected chi connectivity index (χ0v) is 14.0. The number of hydrogen-bond acceptors (Lipinski definition) is 3. The first-order chi connectivity index (χ1) is 11.0. The molecule has 1 aliphatic rings. The van der Waals surface area contributed by atoms with E-state index in [1.165, 1.54) is 0 Å². The Balaban J connectivity index is 1.76. The quantitative estimate of drug-likeness (QED) is 0.865. The Morgan fingerprint density at radius 3 is 2.57 bits per heavy atom. The maximum absolute atomic E-state index is 12.7. The van der Waals surface area contributed by atoms with Gasteiger partial charge in [0.1, 0.15) is 11.9 Å². The molecule has 0 saturated carbocycles. The van der Waals surface area contributed by atoms with Gasteiger partial charge in [-0.2, -0.15) is 4.31 Å². The van der Waals surface area contributed by atoms with Crippen molar-refractivity contribution in [2.45, 2.75) is 26.0 Å². The van der Waals surface area contributed by atoms with E-state index in [-0.39, 0.29) is 11.9 Å². The van der Waals surface area contributed by atoms with E-state index in [2.05, 4.69) is 0 Å². The van der Waals surface area contributed by atoms with Gasteiger partial charge >= 0.3 is 0 Å². The molecule has 1 unspecified atom stereocenters. The second-order valence-electron chi connectivity index (χ2n) is 5.88. The lowest BCUT2D eigenvalue weighted by Gasteiger charge is -2.21. The molecule has 23 heavy (non-hydrogen) atoms. The fraction of sp³-hybridized carbons (Fsp3) is 0.333. The lowest BCUT2D eigenvalue weighted by Crippen LogP contribution is -2.37. The Morgan fingerprint density at radius 1 is 1.09 bits per heavy atom. The summed E-state index contributed by atoms with van der Waals surface area (Å²) < 4.78 is 32.9. The van der Waals surface area contributed by atoms with Gasteiger partial charge in [-0.3, -0.25) is 0 Å². The van der Waals surface area contributed by atoms with Crippen molar-refractivity contribution in [1.82, 2.24) is 4.31 Å². The van der Waals surface area contributed by atoms with Crippen LogP contribution in [0.25, 0.3) is 0 Å². The number of fused-ring (bicyclic) bond motifs is 1. The summed E-state index contributed by atoms with van der Waals surface area (Å²) in [5.41, 5.74) is 1.95. The molecule has 5 heteroatoms. The number of ether oxygens (including phenoxy) is 1. The van der Waals surface area contributed by atoms with Crippen molar-refractivity contribution in [3.05, 3.63) is 65.7 Å². The Morgan fingerprint density at radius 2 is 1.78 bits per heavy atom. The first kappa shape index (κ1) is 16.0. The molecule has 2 aromatic carbocycles. The average molecular weight is 331 g/mol. The Hall–Kier alpha value is -1.85. The smallest absolute Gasteiger partial charge is 0.214 e. The Labute approximate surface area is 137 Å². The fourth-order valence-corrected chi connectivity index (χ4v) is 4.30.